The van der Waals surface area contributed by atoms with Gasteiger partial charge in [-0.2, -0.15) is 22.7 Å². The Morgan fingerprint density at radius 3 is 2.19 bits per heavy atom. The second-order valence-corrected chi connectivity index (χ2v) is 12.7. The Kier molecular flexibility index (Phi) is 11.6. The number of anilines is 1. The molecule has 2 heterocycles. The number of carboxylic acids is 1. The van der Waals surface area contributed by atoms with E-state index < -0.39 is 28.1 Å². The molecule has 1 fully saturated rings. The summed E-state index contributed by atoms with van der Waals surface area (Å²) in [5, 5.41) is 23.2. The molecule has 2 aromatic carbocycles. The summed E-state index contributed by atoms with van der Waals surface area (Å²) in [5.74, 6) is 3.80. The average molecular weight is 658 g/mol. The second kappa shape index (κ2) is 15.8. The number of aromatic nitrogens is 1. The molecule has 1 aliphatic rings. The SMILES string of the molecule is CC(C)[C@@H](NS(=O)(=O)N1CCN(c2ccc(C#Cc3ccnc(C(=O)NCc4ccc(C(=O)NCC#N)cc4)c3)cc2)CC1)C(=O)O. The van der Waals surface area contributed by atoms with E-state index in [2.05, 4.69) is 37.1 Å². The van der Waals surface area contributed by atoms with Crippen LogP contribution in [0.4, 0.5) is 5.69 Å². The number of pyridine rings is 1. The summed E-state index contributed by atoms with van der Waals surface area (Å²) in [7, 11) is -3.94. The third kappa shape index (κ3) is 9.61. The fraction of sp³-hybridized carbons (Fsp3) is 0.303. The van der Waals surface area contributed by atoms with Gasteiger partial charge in [0.25, 0.3) is 22.0 Å². The lowest BCUT2D eigenvalue weighted by atomic mass is 10.1. The number of amides is 2. The first-order chi connectivity index (χ1) is 22.5. The van der Waals surface area contributed by atoms with Gasteiger partial charge in [0, 0.05) is 61.3 Å². The fourth-order valence-corrected chi connectivity index (χ4v) is 6.18. The molecule has 3 aromatic rings. The summed E-state index contributed by atoms with van der Waals surface area (Å²) in [5.41, 5.74) is 3.67. The molecule has 47 heavy (non-hydrogen) atoms. The lowest BCUT2D eigenvalue weighted by Crippen LogP contribution is -2.55. The van der Waals surface area contributed by atoms with Crippen molar-refractivity contribution in [1.29, 1.82) is 5.26 Å². The molecule has 0 aliphatic carbocycles. The van der Waals surface area contributed by atoms with Gasteiger partial charge in [0.05, 0.1) is 6.07 Å². The van der Waals surface area contributed by atoms with Gasteiger partial charge in [0.15, 0.2) is 0 Å². The van der Waals surface area contributed by atoms with Crippen molar-refractivity contribution in [1.82, 2.24) is 24.6 Å². The van der Waals surface area contributed by atoms with Crippen LogP contribution in [0.1, 0.15) is 51.4 Å². The first-order valence-electron chi connectivity index (χ1n) is 14.8. The van der Waals surface area contributed by atoms with Crippen LogP contribution in [0.2, 0.25) is 0 Å². The summed E-state index contributed by atoms with van der Waals surface area (Å²) < 4.78 is 29.1. The van der Waals surface area contributed by atoms with Crippen LogP contribution in [-0.4, -0.2) is 79.4 Å². The topological polar surface area (TPSA) is 185 Å². The standard InChI is InChI=1S/C33H35N7O6S/c1-23(2)30(33(43)44)38-47(45,46)40-19-17-39(18-20-40)28-11-7-24(8-12-28)3-4-25-13-15-35-29(21-25)32(42)37-22-26-5-9-27(10-6-26)31(41)36-16-14-34/h5-13,15,21,23,30,38H,16-20,22H2,1-2H3,(H,36,41)(H,37,42)(H,43,44)/t30-/m1/s1. The normalized spacial score (nSPS) is 14.0. The maximum atomic E-state index is 12.8. The minimum absolute atomic E-state index is 0.0765. The summed E-state index contributed by atoms with van der Waals surface area (Å²) >= 11 is 0. The van der Waals surface area contributed by atoms with E-state index in [-0.39, 0.29) is 43.7 Å². The van der Waals surface area contributed by atoms with E-state index in [0.29, 0.717) is 24.2 Å². The van der Waals surface area contributed by atoms with Crippen LogP contribution in [0.5, 0.6) is 0 Å². The van der Waals surface area contributed by atoms with E-state index in [1.54, 1.807) is 50.2 Å². The van der Waals surface area contributed by atoms with Gasteiger partial charge in [-0.1, -0.05) is 37.8 Å². The van der Waals surface area contributed by atoms with E-state index in [1.165, 1.54) is 10.5 Å². The first-order valence-corrected chi connectivity index (χ1v) is 16.3. The molecule has 1 aromatic heterocycles. The Hall–Kier alpha value is -5.28. The van der Waals surface area contributed by atoms with Gasteiger partial charge in [0.1, 0.15) is 18.3 Å². The molecule has 2 amide bonds. The molecule has 14 heteroatoms. The van der Waals surface area contributed by atoms with Crippen molar-refractivity contribution in [3.05, 3.63) is 94.8 Å². The van der Waals surface area contributed by atoms with E-state index in [1.807, 2.05) is 30.3 Å². The number of nitrogens with zero attached hydrogens (tertiary/aromatic N) is 4. The Labute approximate surface area is 273 Å². The maximum Gasteiger partial charge on any atom is 0.322 e. The third-order valence-electron chi connectivity index (χ3n) is 7.36. The van der Waals surface area contributed by atoms with Crippen molar-refractivity contribution in [3.63, 3.8) is 0 Å². The highest BCUT2D eigenvalue weighted by Crippen LogP contribution is 2.19. The number of hydrogen-bond donors (Lipinski definition) is 4. The molecule has 1 aliphatic heterocycles. The molecule has 4 N–H and O–H groups in total. The van der Waals surface area contributed by atoms with Gasteiger partial charge in [-0.25, -0.2) is 0 Å². The summed E-state index contributed by atoms with van der Waals surface area (Å²) in [6.07, 6.45) is 1.51. The Balaban J connectivity index is 1.30. The highest BCUT2D eigenvalue weighted by molar-refractivity contribution is 7.87. The van der Waals surface area contributed by atoms with E-state index >= 15 is 0 Å². The number of benzene rings is 2. The molecule has 4 rings (SSSR count). The monoisotopic (exact) mass is 657 g/mol. The quantitative estimate of drug-likeness (QED) is 0.176. The van der Waals surface area contributed by atoms with Crippen LogP contribution in [0.3, 0.4) is 0 Å². The van der Waals surface area contributed by atoms with Gasteiger partial charge in [-0.05, 0) is 60.0 Å². The number of nitrogens with one attached hydrogen (secondary N) is 3. The van der Waals surface area contributed by atoms with Crippen molar-refractivity contribution >= 4 is 33.7 Å². The average Bonchev–Trinajstić information content (AvgIpc) is 3.08. The number of piperazine rings is 1. The van der Waals surface area contributed by atoms with Crippen LogP contribution >= 0.6 is 0 Å². The lowest BCUT2D eigenvalue weighted by Gasteiger charge is -2.36. The fourth-order valence-electron chi connectivity index (χ4n) is 4.69. The number of nitriles is 1. The number of carbonyl (C=O) groups excluding carboxylic acids is 2. The van der Waals surface area contributed by atoms with Gasteiger partial charge >= 0.3 is 5.97 Å². The summed E-state index contributed by atoms with van der Waals surface area (Å²) in [6.45, 7) is 4.77. The molecule has 244 valence electrons. The number of rotatable bonds is 11. The van der Waals surface area contributed by atoms with Gasteiger partial charge in [-0.3, -0.25) is 19.4 Å². The van der Waals surface area contributed by atoms with Crippen LogP contribution < -0.4 is 20.3 Å². The van der Waals surface area contributed by atoms with Crippen molar-refractivity contribution < 1.29 is 27.9 Å². The smallest absolute Gasteiger partial charge is 0.322 e. The Morgan fingerprint density at radius 2 is 1.57 bits per heavy atom. The maximum absolute atomic E-state index is 12.8. The number of hydrogen-bond acceptors (Lipinski definition) is 8. The van der Waals surface area contributed by atoms with Crippen LogP contribution in [-0.2, 0) is 21.5 Å². The molecular formula is C33H35N7O6S. The lowest BCUT2D eigenvalue weighted by molar-refractivity contribution is -0.140. The van der Waals surface area contributed by atoms with Crippen molar-refractivity contribution in [2.45, 2.75) is 26.4 Å². The van der Waals surface area contributed by atoms with Crippen molar-refractivity contribution in [2.75, 3.05) is 37.6 Å². The summed E-state index contributed by atoms with van der Waals surface area (Å²) in [4.78, 5) is 42.3. The molecule has 0 bridgehead atoms. The van der Waals surface area contributed by atoms with Crippen LogP contribution in [0.15, 0.2) is 66.9 Å². The molecule has 0 unspecified atom stereocenters. The molecule has 0 spiro atoms. The van der Waals surface area contributed by atoms with Crippen LogP contribution in [0, 0.1) is 29.1 Å². The zero-order valence-corrected chi connectivity index (χ0v) is 26.8. The van der Waals surface area contributed by atoms with E-state index in [9.17, 15) is 27.9 Å². The molecule has 1 atom stereocenters. The van der Waals surface area contributed by atoms with Crippen LogP contribution in [0.25, 0.3) is 0 Å². The number of carboxylic acid groups (broad SMARTS) is 1. The molecule has 0 saturated carbocycles. The molecule has 0 radical (unpaired) electrons. The Morgan fingerprint density at radius 1 is 0.915 bits per heavy atom. The predicted molar refractivity (Wildman–Crippen MR) is 174 cm³/mol. The third-order valence-corrected chi connectivity index (χ3v) is 8.96. The zero-order valence-electron chi connectivity index (χ0n) is 25.9. The molecule has 13 nitrogen and oxygen atoms in total. The number of aliphatic carboxylic acids is 1. The predicted octanol–water partition coefficient (Wildman–Crippen LogP) is 1.73. The van der Waals surface area contributed by atoms with Crippen molar-refractivity contribution in [3.8, 4) is 17.9 Å². The van der Waals surface area contributed by atoms with Gasteiger partial charge < -0.3 is 20.6 Å². The first kappa shape index (κ1) is 34.6. The minimum Gasteiger partial charge on any atom is -0.480 e. The second-order valence-electron chi connectivity index (χ2n) is 11.0. The summed E-state index contributed by atoms with van der Waals surface area (Å²) in [6, 6.07) is 18.2. The van der Waals surface area contributed by atoms with Gasteiger partial charge in [0.2, 0.25) is 0 Å². The largest absolute Gasteiger partial charge is 0.480 e. The van der Waals surface area contributed by atoms with Crippen molar-refractivity contribution in [2.24, 2.45) is 5.92 Å². The van der Waals surface area contributed by atoms with E-state index in [0.717, 1.165) is 16.8 Å². The molecule has 1 saturated heterocycles. The highest BCUT2D eigenvalue weighted by atomic mass is 32.2. The van der Waals surface area contributed by atoms with E-state index in [4.69, 9.17) is 5.26 Å². The highest BCUT2D eigenvalue weighted by Gasteiger charge is 2.33. The number of carbonyl (C=O) groups is 3. The van der Waals surface area contributed by atoms with Gasteiger partial charge in [-0.15, -0.1) is 0 Å². The molecular weight excluding hydrogens is 622 g/mol. The zero-order chi connectivity index (χ0) is 34.0. The Bertz CT molecular complexity index is 1800. The minimum atomic E-state index is -3.94.